The number of benzene rings is 1. The number of rotatable bonds is 6. The summed E-state index contributed by atoms with van der Waals surface area (Å²) in [5.41, 5.74) is 2.19. The third kappa shape index (κ3) is 2.65. The zero-order valence-electron chi connectivity index (χ0n) is 10.3. The Morgan fingerprint density at radius 1 is 1.18 bits per heavy atom. The van der Waals surface area contributed by atoms with Gasteiger partial charge in [0.2, 0.25) is 0 Å². The van der Waals surface area contributed by atoms with Crippen molar-refractivity contribution in [2.45, 2.75) is 19.6 Å². The highest BCUT2D eigenvalue weighted by Crippen LogP contribution is 2.17. The van der Waals surface area contributed by atoms with Gasteiger partial charge in [-0.15, -0.1) is 0 Å². The first-order valence-electron chi connectivity index (χ1n) is 5.79. The molecule has 2 rings (SSSR count). The molecular formula is C13H18N2O2. The van der Waals surface area contributed by atoms with Crippen LogP contribution in [0.1, 0.15) is 12.2 Å². The van der Waals surface area contributed by atoms with Gasteiger partial charge in [-0.05, 0) is 18.6 Å². The predicted molar refractivity (Wildman–Crippen MR) is 66.9 cm³/mol. The first kappa shape index (κ1) is 12.1. The number of hydrogen-bond acceptors (Lipinski definition) is 3. The normalized spacial score (nSPS) is 11.2. The van der Waals surface area contributed by atoms with Gasteiger partial charge in [-0.25, -0.2) is 4.98 Å². The molecule has 17 heavy (non-hydrogen) atoms. The summed E-state index contributed by atoms with van der Waals surface area (Å²) in [7, 11) is 3.42. The lowest BCUT2D eigenvalue weighted by atomic mass is 10.3. The van der Waals surface area contributed by atoms with Crippen molar-refractivity contribution in [2.24, 2.45) is 0 Å². The van der Waals surface area contributed by atoms with Crippen molar-refractivity contribution in [1.29, 1.82) is 0 Å². The molecule has 0 aliphatic carbocycles. The van der Waals surface area contributed by atoms with E-state index in [0.717, 1.165) is 36.4 Å². The molecular weight excluding hydrogens is 216 g/mol. The SMILES string of the molecule is COCCCn1c(COC)nc2ccccc21. The van der Waals surface area contributed by atoms with Gasteiger partial charge in [0.25, 0.3) is 0 Å². The lowest BCUT2D eigenvalue weighted by Crippen LogP contribution is -2.06. The summed E-state index contributed by atoms with van der Waals surface area (Å²) in [6.45, 7) is 2.22. The Labute approximate surface area is 101 Å². The van der Waals surface area contributed by atoms with Crippen LogP contribution in [-0.2, 0) is 22.6 Å². The van der Waals surface area contributed by atoms with Crippen LogP contribution in [0.3, 0.4) is 0 Å². The largest absolute Gasteiger partial charge is 0.385 e. The van der Waals surface area contributed by atoms with E-state index < -0.39 is 0 Å². The molecule has 0 atom stereocenters. The second kappa shape index (κ2) is 5.80. The van der Waals surface area contributed by atoms with Gasteiger partial charge in [-0.2, -0.15) is 0 Å². The van der Waals surface area contributed by atoms with Gasteiger partial charge in [0, 0.05) is 27.4 Å². The lowest BCUT2D eigenvalue weighted by Gasteiger charge is -2.08. The Morgan fingerprint density at radius 2 is 2.00 bits per heavy atom. The van der Waals surface area contributed by atoms with Crippen LogP contribution in [0.2, 0.25) is 0 Å². The standard InChI is InChI=1S/C13H18N2O2/c1-16-9-5-8-15-12-7-4-3-6-11(12)14-13(15)10-17-2/h3-4,6-7H,5,8-10H2,1-2H3. The van der Waals surface area contributed by atoms with E-state index in [1.54, 1.807) is 14.2 Å². The molecule has 0 amide bonds. The van der Waals surface area contributed by atoms with E-state index in [-0.39, 0.29) is 0 Å². The van der Waals surface area contributed by atoms with E-state index >= 15 is 0 Å². The molecule has 0 bridgehead atoms. The molecule has 0 unspecified atom stereocenters. The molecule has 1 heterocycles. The summed E-state index contributed by atoms with van der Waals surface area (Å²) in [5, 5.41) is 0. The van der Waals surface area contributed by atoms with E-state index in [1.807, 2.05) is 18.2 Å². The molecule has 1 aromatic heterocycles. The van der Waals surface area contributed by atoms with E-state index in [0.29, 0.717) is 6.61 Å². The maximum Gasteiger partial charge on any atom is 0.135 e. The summed E-state index contributed by atoms with van der Waals surface area (Å²) in [6.07, 6.45) is 0.980. The van der Waals surface area contributed by atoms with E-state index in [1.165, 1.54) is 0 Å². The number of hydrogen-bond donors (Lipinski definition) is 0. The molecule has 0 radical (unpaired) electrons. The Kier molecular flexibility index (Phi) is 4.12. The Balaban J connectivity index is 2.30. The topological polar surface area (TPSA) is 36.3 Å². The van der Waals surface area contributed by atoms with Crippen LogP contribution in [0.4, 0.5) is 0 Å². The molecule has 0 saturated carbocycles. The third-order valence-electron chi connectivity index (χ3n) is 2.74. The average Bonchev–Trinajstić information content (AvgIpc) is 2.69. The Morgan fingerprint density at radius 3 is 2.76 bits per heavy atom. The monoisotopic (exact) mass is 234 g/mol. The molecule has 0 spiro atoms. The van der Waals surface area contributed by atoms with Gasteiger partial charge in [-0.3, -0.25) is 0 Å². The van der Waals surface area contributed by atoms with Crippen LogP contribution in [0.15, 0.2) is 24.3 Å². The number of para-hydroxylation sites is 2. The highest BCUT2D eigenvalue weighted by atomic mass is 16.5. The van der Waals surface area contributed by atoms with Crippen molar-refractivity contribution in [1.82, 2.24) is 9.55 Å². The predicted octanol–water partition coefficient (Wildman–Crippen LogP) is 2.22. The number of nitrogens with zero attached hydrogens (tertiary/aromatic N) is 2. The van der Waals surface area contributed by atoms with Crippen LogP contribution in [0.25, 0.3) is 11.0 Å². The number of methoxy groups -OCH3 is 2. The van der Waals surface area contributed by atoms with Crippen molar-refractivity contribution in [3.63, 3.8) is 0 Å². The molecule has 0 fully saturated rings. The molecule has 2 aromatic rings. The van der Waals surface area contributed by atoms with Gasteiger partial charge in [-0.1, -0.05) is 12.1 Å². The quantitative estimate of drug-likeness (QED) is 0.719. The van der Waals surface area contributed by atoms with E-state index in [2.05, 4.69) is 15.6 Å². The number of aromatic nitrogens is 2. The van der Waals surface area contributed by atoms with Gasteiger partial charge in [0.05, 0.1) is 11.0 Å². The minimum absolute atomic E-state index is 0.543. The number of aryl methyl sites for hydroxylation is 1. The zero-order chi connectivity index (χ0) is 12.1. The third-order valence-corrected chi connectivity index (χ3v) is 2.74. The van der Waals surface area contributed by atoms with Crippen LogP contribution < -0.4 is 0 Å². The Hall–Kier alpha value is -1.39. The molecule has 4 heteroatoms. The Bertz CT molecular complexity index is 479. The maximum atomic E-state index is 5.19. The first-order valence-corrected chi connectivity index (χ1v) is 5.79. The first-order chi connectivity index (χ1) is 8.36. The minimum atomic E-state index is 0.543. The minimum Gasteiger partial charge on any atom is -0.385 e. The second-order valence-electron chi connectivity index (χ2n) is 3.95. The van der Waals surface area contributed by atoms with Crippen molar-refractivity contribution < 1.29 is 9.47 Å². The van der Waals surface area contributed by atoms with Crippen LogP contribution in [0.5, 0.6) is 0 Å². The average molecular weight is 234 g/mol. The van der Waals surface area contributed by atoms with Crippen LogP contribution in [0, 0.1) is 0 Å². The van der Waals surface area contributed by atoms with Crippen molar-refractivity contribution in [3.05, 3.63) is 30.1 Å². The fourth-order valence-corrected chi connectivity index (χ4v) is 1.98. The summed E-state index contributed by atoms with van der Waals surface area (Å²) >= 11 is 0. The van der Waals surface area contributed by atoms with Gasteiger partial charge in [0.15, 0.2) is 0 Å². The summed E-state index contributed by atoms with van der Waals surface area (Å²) < 4.78 is 12.5. The number of imidazole rings is 1. The maximum absolute atomic E-state index is 5.19. The summed E-state index contributed by atoms with van der Waals surface area (Å²) in [5.74, 6) is 0.977. The fourth-order valence-electron chi connectivity index (χ4n) is 1.98. The molecule has 0 aliphatic heterocycles. The van der Waals surface area contributed by atoms with Crippen LogP contribution >= 0.6 is 0 Å². The van der Waals surface area contributed by atoms with Gasteiger partial charge >= 0.3 is 0 Å². The molecule has 1 aromatic carbocycles. The number of ether oxygens (including phenoxy) is 2. The lowest BCUT2D eigenvalue weighted by molar-refractivity contribution is 0.170. The van der Waals surface area contributed by atoms with Crippen molar-refractivity contribution in [2.75, 3.05) is 20.8 Å². The molecule has 0 aliphatic rings. The van der Waals surface area contributed by atoms with Crippen molar-refractivity contribution in [3.8, 4) is 0 Å². The van der Waals surface area contributed by atoms with Gasteiger partial charge < -0.3 is 14.0 Å². The van der Waals surface area contributed by atoms with Gasteiger partial charge in [0.1, 0.15) is 12.4 Å². The van der Waals surface area contributed by atoms with Crippen LogP contribution in [-0.4, -0.2) is 30.4 Å². The highest BCUT2D eigenvalue weighted by Gasteiger charge is 2.09. The zero-order valence-corrected chi connectivity index (χ0v) is 10.3. The summed E-state index contributed by atoms with van der Waals surface area (Å²) in [6, 6.07) is 8.16. The molecule has 4 nitrogen and oxygen atoms in total. The molecule has 0 saturated heterocycles. The smallest absolute Gasteiger partial charge is 0.135 e. The van der Waals surface area contributed by atoms with E-state index in [4.69, 9.17) is 9.47 Å². The molecule has 92 valence electrons. The fraction of sp³-hybridized carbons (Fsp3) is 0.462. The molecule has 0 N–H and O–H groups in total. The summed E-state index contributed by atoms with van der Waals surface area (Å²) in [4.78, 5) is 4.58. The second-order valence-corrected chi connectivity index (χ2v) is 3.95. The van der Waals surface area contributed by atoms with Crippen molar-refractivity contribution >= 4 is 11.0 Å². The highest BCUT2D eigenvalue weighted by molar-refractivity contribution is 5.75. The van der Waals surface area contributed by atoms with E-state index in [9.17, 15) is 0 Å². The number of fused-ring (bicyclic) bond motifs is 1.